The van der Waals surface area contributed by atoms with Crippen LogP contribution in [0.2, 0.25) is 0 Å². The van der Waals surface area contributed by atoms with Crippen LogP contribution in [-0.4, -0.2) is 53.9 Å². The topological polar surface area (TPSA) is 78.6 Å². The van der Waals surface area contributed by atoms with Gasteiger partial charge in [-0.15, -0.1) is 0 Å². The highest BCUT2D eigenvalue weighted by molar-refractivity contribution is 5.79. The zero-order chi connectivity index (χ0) is 16.2. The van der Waals surface area contributed by atoms with Gasteiger partial charge in [-0.2, -0.15) is 0 Å². The Bertz CT molecular complexity index is 680. The van der Waals surface area contributed by atoms with E-state index < -0.39 is 5.97 Å². The van der Waals surface area contributed by atoms with Gasteiger partial charge in [0.05, 0.1) is 12.2 Å². The van der Waals surface area contributed by atoms with Crippen LogP contribution in [0, 0.1) is 5.82 Å². The molecule has 1 aliphatic rings. The minimum absolute atomic E-state index is 0.00203. The summed E-state index contributed by atoms with van der Waals surface area (Å²) in [4.78, 5) is 12.8. The molecule has 0 radical (unpaired) electrons. The monoisotopic (exact) mass is 321 g/mol. The van der Waals surface area contributed by atoms with Gasteiger partial charge in [-0.25, -0.2) is 4.39 Å². The second kappa shape index (κ2) is 7.06. The maximum atomic E-state index is 13.2. The standard InChI is InChI=1S/C16H20FN3O3/c17-12-1-2-13-14(9-12)23-19-16(13)11-3-6-20(7-4-11)8-5-18-10-15(21)22/h1-2,9,11,18H,3-8,10H2,(H,21,22). The van der Waals surface area contributed by atoms with Gasteiger partial charge in [-0.05, 0) is 38.1 Å². The number of halogens is 1. The highest BCUT2D eigenvalue weighted by atomic mass is 19.1. The van der Waals surface area contributed by atoms with Crippen LogP contribution < -0.4 is 5.32 Å². The number of nitrogens with one attached hydrogen (secondary N) is 1. The summed E-state index contributed by atoms with van der Waals surface area (Å²) in [5.74, 6) is -0.827. The number of hydrogen-bond acceptors (Lipinski definition) is 5. The van der Waals surface area contributed by atoms with Crippen molar-refractivity contribution in [2.75, 3.05) is 32.7 Å². The van der Waals surface area contributed by atoms with Gasteiger partial charge in [0.15, 0.2) is 5.58 Å². The molecule has 1 aromatic heterocycles. The predicted molar refractivity (Wildman–Crippen MR) is 82.9 cm³/mol. The highest BCUT2D eigenvalue weighted by Crippen LogP contribution is 2.32. The smallest absolute Gasteiger partial charge is 0.317 e. The van der Waals surface area contributed by atoms with Crippen molar-refractivity contribution in [3.63, 3.8) is 0 Å². The molecule has 1 saturated heterocycles. The number of aliphatic carboxylic acids is 1. The number of nitrogens with zero attached hydrogens (tertiary/aromatic N) is 2. The van der Waals surface area contributed by atoms with Crippen LogP contribution >= 0.6 is 0 Å². The van der Waals surface area contributed by atoms with E-state index in [0.717, 1.165) is 43.6 Å². The van der Waals surface area contributed by atoms with Gasteiger partial charge in [0.25, 0.3) is 0 Å². The largest absolute Gasteiger partial charge is 0.480 e. The SMILES string of the molecule is O=C(O)CNCCN1CCC(c2noc3cc(F)ccc23)CC1. The number of carboxylic acid groups (broad SMARTS) is 1. The quantitative estimate of drug-likeness (QED) is 0.790. The Kier molecular flexibility index (Phi) is 4.88. The predicted octanol–water partition coefficient (Wildman–Crippen LogP) is 1.82. The summed E-state index contributed by atoms with van der Waals surface area (Å²) in [6, 6.07) is 4.54. The number of aromatic nitrogens is 1. The molecule has 7 heteroatoms. The van der Waals surface area contributed by atoms with E-state index in [1.54, 1.807) is 6.07 Å². The number of hydrogen-bond donors (Lipinski definition) is 2. The number of carbonyl (C=O) groups is 1. The van der Waals surface area contributed by atoms with Gasteiger partial charge in [0.1, 0.15) is 5.82 Å². The number of piperidine rings is 1. The summed E-state index contributed by atoms with van der Waals surface area (Å²) in [6.07, 6.45) is 1.94. The molecule has 0 spiro atoms. The summed E-state index contributed by atoms with van der Waals surface area (Å²) in [6.45, 7) is 3.38. The molecular weight excluding hydrogens is 301 g/mol. The number of fused-ring (bicyclic) bond motifs is 1. The second-order valence-electron chi connectivity index (χ2n) is 5.89. The summed E-state index contributed by atoms with van der Waals surface area (Å²) >= 11 is 0. The summed E-state index contributed by atoms with van der Waals surface area (Å²) in [5.41, 5.74) is 1.42. The normalized spacial score (nSPS) is 16.9. The average molecular weight is 321 g/mol. The molecule has 0 unspecified atom stereocenters. The van der Waals surface area contributed by atoms with E-state index in [0.29, 0.717) is 18.0 Å². The first kappa shape index (κ1) is 15.9. The third-order valence-corrected chi connectivity index (χ3v) is 4.32. The van der Waals surface area contributed by atoms with Crippen molar-refractivity contribution in [1.82, 2.24) is 15.4 Å². The summed E-state index contributed by atoms with van der Waals surface area (Å²) < 4.78 is 18.4. The second-order valence-corrected chi connectivity index (χ2v) is 5.89. The van der Waals surface area contributed by atoms with Crippen molar-refractivity contribution in [2.45, 2.75) is 18.8 Å². The van der Waals surface area contributed by atoms with Gasteiger partial charge in [0.2, 0.25) is 0 Å². The lowest BCUT2D eigenvalue weighted by Crippen LogP contribution is -2.38. The Hall–Kier alpha value is -1.99. The van der Waals surface area contributed by atoms with E-state index in [1.165, 1.54) is 12.1 Å². The third kappa shape index (κ3) is 3.86. The Balaban J connectivity index is 1.53. The fourth-order valence-electron chi connectivity index (χ4n) is 3.09. The molecular formula is C16H20FN3O3. The lowest BCUT2D eigenvalue weighted by Gasteiger charge is -2.31. The number of rotatable bonds is 6. The molecule has 2 N–H and O–H groups in total. The van der Waals surface area contributed by atoms with E-state index in [2.05, 4.69) is 15.4 Å². The number of benzene rings is 1. The van der Waals surface area contributed by atoms with Crippen LogP contribution in [0.1, 0.15) is 24.5 Å². The Labute approximate surface area is 133 Å². The van der Waals surface area contributed by atoms with E-state index >= 15 is 0 Å². The first-order valence-corrected chi connectivity index (χ1v) is 7.83. The molecule has 23 heavy (non-hydrogen) atoms. The van der Waals surface area contributed by atoms with Crippen molar-refractivity contribution >= 4 is 16.9 Å². The summed E-state index contributed by atoms with van der Waals surface area (Å²) in [5, 5.41) is 16.5. The minimum Gasteiger partial charge on any atom is -0.480 e. The third-order valence-electron chi connectivity index (χ3n) is 4.32. The molecule has 3 rings (SSSR count). The number of likely N-dealkylation sites (tertiary alicyclic amines) is 1. The molecule has 0 atom stereocenters. The van der Waals surface area contributed by atoms with Crippen molar-refractivity contribution in [1.29, 1.82) is 0 Å². The van der Waals surface area contributed by atoms with Crippen LogP contribution in [-0.2, 0) is 4.79 Å². The van der Waals surface area contributed by atoms with Gasteiger partial charge < -0.3 is 19.8 Å². The molecule has 0 amide bonds. The van der Waals surface area contributed by atoms with Crippen LogP contribution in [0.5, 0.6) is 0 Å². The van der Waals surface area contributed by atoms with E-state index in [9.17, 15) is 9.18 Å². The fourth-order valence-corrected chi connectivity index (χ4v) is 3.09. The molecule has 0 saturated carbocycles. The molecule has 1 fully saturated rings. The molecule has 6 nitrogen and oxygen atoms in total. The first-order chi connectivity index (χ1) is 11.1. The van der Waals surface area contributed by atoms with Gasteiger partial charge in [-0.1, -0.05) is 5.16 Å². The number of carboxylic acids is 1. The Morgan fingerprint density at radius 3 is 2.96 bits per heavy atom. The van der Waals surface area contributed by atoms with E-state index in [1.807, 2.05) is 0 Å². The van der Waals surface area contributed by atoms with Crippen LogP contribution in [0.4, 0.5) is 4.39 Å². The minimum atomic E-state index is -0.835. The Morgan fingerprint density at radius 2 is 2.22 bits per heavy atom. The van der Waals surface area contributed by atoms with Gasteiger partial charge >= 0.3 is 5.97 Å². The molecule has 1 aromatic carbocycles. The van der Waals surface area contributed by atoms with Gasteiger partial charge in [-0.3, -0.25) is 4.79 Å². The van der Waals surface area contributed by atoms with Crippen molar-refractivity contribution in [3.8, 4) is 0 Å². The molecule has 124 valence electrons. The van der Waals surface area contributed by atoms with Crippen LogP contribution in [0.3, 0.4) is 0 Å². The van der Waals surface area contributed by atoms with E-state index in [4.69, 9.17) is 9.63 Å². The maximum absolute atomic E-state index is 13.2. The van der Waals surface area contributed by atoms with Gasteiger partial charge in [0, 0.05) is 30.5 Å². The highest BCUT2D eigenvalue weighted by Gasteiger charge is 2.24. The van der Waals surface area contributed by atoms with E-state index in [-0.39, 0.29) is 12.4 Å². The summed E-state index contributed by atoms with van der Waals surface area (Å²) in [7, 11) is 0. The van der Waals surface area contributed by atoms with Crippen molar-refractivity contribution < 1.29 is 18.8 Å². The lowest BCUT2D eigenvalue weighted by atomic mass is 9.91. The molecule has 1 aliphatic heterocycles. The zero-order valence-electron chi connectivity index (χ0n) is 12.8. The van der Waals surface area contributed by atoms with Crippen LogP contribution in [0.15, 0.2) is 22.7 Å². The molecule has 0 bridgehead atoms. The lowest BCUT2D eigenvalue weighted by molar-refractivity contribution is -0.135. The average Bonchev–Trinajstić information content (AvgIpc) is 2.95. The van der Waals surface area contributed by atoms with Crippen LogP contribution in [0.25, 0.3) is 11.0 Å². The molecule has 2 heterocycles. The van der Waals surface area contributed by atoms with Crippen molar-refractivity contribution in [3.05, 3.63) is 29.7 Å². The first-order valence-electron chi connectivity index (χ1n) is 7.83. The maximum Gasteiger partial charge on any atom is 0.317 e. The molecule has 2 aromatic rings. The van der Waals surface area contributed by atoms with Crippen molar-refractivity contribution in [2.24, 2.45) is 0 Å². The molecule has 0 aliphatic carbocycles. The Morgan fingerprint density at radius 1 is 1.43 bits per heavy atom. The zero-order valence-corrected chi connectivity index (χ0v) is 12.8. The fraction of sp³-hybridized carbons (Fsp3) is 0.500.